The van der Waals surface area contributed by atoms with Crippen molar-refractivity contribution in [3.63, 3.8) is 0 Å². The molecule has 0 aliphatic carbocycles. The van der Waals surface area contributed by atoms with E-state index in [1.165, 1.54) is 6.07 Å². The summed E-state index contributed by atoms with van der Waals surface area (Å²) in [5.74, 6) is -1.34. The van der Waals surface area contributed by atoms with E-state index >= 15 is 0 Å². The Hall–Kier alpha value is -2.26. The van der Waals surface area contributed by atoms with Gasteiger partial charge in [0.15, 0.2) is 0 Å². The fourth-order valence-electron chi connectivity index (χ4n) is 2.60. The van der Waals surface area contributed by atoms with Crippen LogP contribution < -0.4 is 9.46 Å². The summed E-state index contributed by atoms with van der Waals surface area (Å²) in [5, 5.41) is -0.294. The Balaban J connectivity index is 2.05. The summed E-state index contributed by atoms with van der Waals surface area (Å²) >= 11 is 5.86. The predicted molar refractivity (Wildman–Crippen MR) is 87.8 cm³/mol. The van der Waals surface area contributed by atoms with Crippen LogP contribution in [0.5, 0.6) is 11.5 Å². The van der Waals surface area contributed by atoms with E-state index in [9.17, 15) is 26.4 Å². The van der Waals surface area contributed by atoms with Crippen molar-refractivity contribution in [1.29, 1.82) is 0 Å². The molecule has 0 fully saturated rings. The molecule has 0 atom stereocenters. The Morgan fingerprint density at radius 1 is 1.15 bits per heavy atom. The van der Waals surface area contributed by atoms with Crippen LogP contribution in [0.4, 0.5) is 13.2 Å². The highest BCUT2D eigenvalue weighted by molar-refractivity contribution is 7.89. The largest absolute Gasteiger partial charge is 0.455 e. The number of carbonyl (C=O) groups is 1. The van der Waals surface area contributed by atoms with Crippen LogP contribution in [-0.2, 0) is 22.0 Å². The number of benzene rings is 2. The second kappa shape index (κ2) is 6.17. The molecule has 3 rings (SSSR count). The van der Waals surface area contributed by atoms with Crippen molar-refractivity contribution < 1.29 is 31.1 Å². The van der Waals surface area contributed by atoms with E-state index in [2.05, 4.69) is 0 Å². The molecule has 1 amide bonds. The molecule has 0 bridgehead atoms. The van der Waals surface area contributed by atoms with Gasteiger partial charge in [-0.15, -0.1) is 0 Å². The minimum atomic E-state index is -4.56. The number of sulfonamides is 1. The lowest BCUT2D eigenvalue weighted by atomic mass is 10.0. The Morgan fingerprint density at radius 2 is 1.81 bits per heavy atom. The molecule has 0 aromatic heterocycles. The first kappa shape index (κ1) is 18.5. The van der Waals surface area contributed by atoms with Crippen molar-refractivity contribution in [3.05, 3.63) is 57.6 Å². The van der Waals surface area contributed by atoms with Gasteiger partial charge in [0, 0.05) is 5.56 Å². The number of amides is 1. The number of fused-ring (bicyclic) bond motifs is 1. The highest BCUT2D eigenvalue weighted by Crippen LogP contribution is 2.38. The number of carbonyl (C=O) groups excluding carboxylic acids is 1. The number of aryl methyl sites for hydroxylation is 1. The van der Waals surface area contributed by atoms with Gasteiger partial charge in [-0.2, -0.15) is 13.2 Å². The minimum absolute atomic E-state index is 0.0330. The summed E-state index contributed by atoms with van der Waals surface area (Å²) in [7, 11) is -3.87. The van der Waals surface area contributed by atoms with Crippen LogP contribution in [0.2, 0.25) is 5.02 Å². The number of hydrogen-bond acceptors (Lipinski definition) is 4. The average Bonchev–Trinajstić information content (AvgIpc) is 2.49. The Morgan fingerprint density at radius 3 is 2.42 bits per heavy atom. The predicted octanol–water partition coefficient (Wildman–Crippen LogP) is 4.03. The maximum atomic E-state index is 12.7. The van der Waals surface area contributed by atoms with Crippen molar-refractivity contribution in [2.45, 2.75) is 18.9 Å². The second-order valence-electron chi connectivity index (χ2n) is 5.67. The highest BCUT2D eigenvalue weighted by atomic mass is 35.5. The number of ether oxygens (including phenoxy) is 1. The lowest BCUT2D eigenvalue weighted by molar-refractivity contribution is -0.137. The maximum Gasteiger partial charge on any atom is 0.416 e. The number of alkyl halides is 3. The molecular weight excluding hydrogens is 395 g/mol. The molecule has 1 heterocycles. The zero-order valence-electron chi connectivity index (χ0n) is 13.1. The van der Waals surface area contributed by atoms with E-state index in [0.717, 1.165) is 12.1 Å². The van der Waals surface area contributed by atoms with Gasteiger partial charge in [0.2, 0.25) is 10.0 Å². The number of rotatable bonds is 2. The second-order valence-corrected chi connectivity index (χ2v) is 7.80. The van der Waals surface area contributed by atoms with Crippen LogP contribution in [0.1, 0.15) is 27.0 Å². The molecule has 2 aromatic carbocycles. The fraction of sp³-hybridized carbons (Fsp3) is 0.188. The lowest BCUT2D eigenvalue weighted by Crippen LogP contribution is -2.37. The normalized spacial score (nSPS) is 16.0. The van der Waals surface area contributed by atoms with Gasteiger partial charge in [-0.05, 0) is 36.8 Å². The fourth-order valence-corrected chi connectivity index (χ4v) is 3.94. The van der Waals surface area contributed by atoms with Crippen LogP contribution in [0, 0.1) is 6.92 Å². The van der Waals surface area contributed by atoms with Crippen LogP contribution in [0.3, 0.4) is 0 Å². The van der Waals surface area contributed by atoms with E-state index < -0.39 is 33.4 Å². The van der Waals surface area contributed by atoms with E-state index in [1.54, 1.807) is 13.0 Å². The molecule has 0 radical (unpaired) electrons. The zero-order chi connectivity index (χ0) is 19.3. The first-order chi connectivity index (χ1) is 12.0. The number of hydrogen-bond donors (Lipinski definition) is 1. The van der Waals surface area contributed by atoms with Gasteiger partial charge >= 0.3 is 6.18 Å². The van der Waals surface area contributed by atoms with Crippen LogP contribution in [0.25, 0.3) is 0 Å². The molecule has 0 unspecified atom stereocenters. The average molecular weight is 406 g/mol. The topological polar surface area (TPSA) is 72.5 Å². The molecule has 26 heavy (non-hydrogen) atoms. The van der Waals surface area contributed by atoms with Crippen molar-refractivity contribution in [2.24, 2.45) is 0 Å². The van der Waals surface area contributed by atoms with E-state index in [0.29, 0.717) is 11.6 Å². The van der Waals surface area contributed by atoms with Crippen molar-refractivity contribution in [3.8, 4) is 11.5 Å². The summed E-state index contributed by atoms with van der Waals surface area (Å²) < 4.78 is 69.2. The highest BCUT2D eigenvalue weighted by Gasteiger charge is 2.33. The summed E-state index contributed by atoms with van der Waals surface area (Å²) in [5.41, 5.74) is -0.119. The van der Waals surface area contributed by atoms with Gasteiger partial charge in [0.25, 0.3) is 5.91 Å². The summed E-state index contributed by atoms with van der Waals surface area (Å²) in [6.07, 6.45) is -4.56. The Bertz CT molecular complexity index is 1020. The van der Waals surface area contributed by atoms with Gasteiger partial charge in [0.1, 0.15) is 11.5 Å². The summed E-state index contributed by atoms with van der Waals surface area (Å²) in [6.45, 7) is 1.63. The third-order valence-electron chi connectivity index (χ3n) is 3.77. The third-order valence-corrected chi connectivity index (χ3v) is 5.23. The minimum Gasteiger partial charge on any atom is -0.455 e. The SMILES string of the molecule is Cc1ccc(Oc2ccc(C(F)(F)F)cc2Cl)c2c1C(=O)NS(=O)(=O)C2. The molecule has 1 aliphatic heterocycles. The molecule has 2 aromatic rings. The first-order valence-electron chi connectivity index (χ1n) is 7.20. The molecule has 0 saturated heterocycles. The zero-order valence-corrected chi connectivity index (χ0v) is 14.7. The monoisotopic (exact) mass is 405 g/mol. The van der Waals surface area contributed by atoms with Gasteiger partial charge in [-0.1, -0.05) is 17.7 Å². The Labute approximate surface area is 151 Å². The van der Waals surface area contributed by atoms with E-state index in [-0.39, 0.29) is 27.6 Å². The molecule has 10 heteroatoms. The summed E-state index contributed by atoms with van der Waals surface area (Å²) in [6, 6.07) is 5.53. The van der Waals surface area contributed by atoms with Crippen LogP contribution in [-0.4, -0.2) is 14.3 Å². The van der Waals surface area contributed by atoms with Crippen molar-refractivity contribution >= 4 is 27.5 Å². The van der Waals surface area contributed by atoms with E-state index in [4.69, 9.17) is 16.3 Å². The van der Waals surface area contributed by atoms with Crippen molar-refractivity contribution in [1.82, 2.24) is 4.72 Å². The van der Waals surface area contributed by atoms with E-state index in [1.807, 2.05) is 4.72 Å². The molecule has 138 valence electrons. The van der Waals surface area contributed by atoms with Gasteiger partial charge in [-0.3, -0.25) is 4.79 Å². The first-order valence-corrected chi connectivity index (χ1v) is 9.23. The molecule has 5 nitrogen and oxygen atoms in total. The third kappa shape index (κ3) is 3.49. The van der Waals surface area contributed by atoms with Crippen LogP contribution in [0.15, 0.2) is 30.3 Å². The van der Waals surface area contributed by atoms with Gasteiger partial charge in [-0.25, -0.2) is 13.1 Å². The maximum absolute atomic E-state index is 12.7. The molecule has 1 N–H and O–H groups in total. The Kier molecular flexibility index (Phi) is 4.40. The molecule has 0 spiro atoms. The van der Waals surface area contributed by atoms with Gasteiger partial charge in [0.05, 0.1) is 21.9 Å². The van der Waals surface area contributed by atoms with Crippen molar-refractivity contribution in [2.75, 3.05) is 0 Å². The lowest BCUT2D eigenvalue weighted by Gasteiger charge is -2.22. The quantitative estimate of drug-likeness (QED) is 0.818. The molecule has 0 saturated carbocycles. The smallest absolute Gasteiger partial charge is 0.416 e. The number of nitrogens with one attached hydrogen (secondary N) is 1. The number of halogens is 4. The standard InChI is InChI=1S/C16H11ClF3NO4S/c1-8-2-4-12(10-7-26(23,24)21-15(22)14(8)10)25-13-5-3-9(6-11(13)17)16(18,19)20/h2-6H,7H2,1H3,(H,21,22). The molecular formula is C16H11ClF3NO4S. The molecule has 1 aliphatic rings. The van der Waals surface area contributed by atoms with Gasteiger partial charge < -0.3 is 4.74 Å². The van der Waals surface area contributed by atoms with Crippen LogP contribution >= 0.6 is 11.6 Å². The summed E-state index contributed by atoms with van der Waals surface area (Å²) in [4.78, 5) is 12.1.